The van der Waals surface area contributed by atoms with E-state index in [4.69, 9.17) is 4.42 Å². The summed E-state index contributed by atoms with van der Waals surface area (Å²) in [6.07, 6.45) is 0. The topological polar surface area (TPSA) is 59.5 Å². The van der Waals surface area contributed by atoms with Crippen LogP contribution in [0.5, 0.6) is 0 Å². The molecule has 0 radical (unpaired) electrons. The maximum Gasteiger partial charge on any atom is 0.292 e. The van der Waals surface area contributed by atoms with Gasteiger partial charge in [0.2, 0.25) is 0 Å². The van der Waals surface area contributed by atoms with Gasteiger partial charge in [-0.2, -0.15) is 0 Å². The van der Waals surface area contributed by atoms with Crippen LogP contribution in [0.3, 0.4) is 0 Å². The summed E-state index contributed by atoms with van der Waals surface area (Å²) < 4.78 is 19.1. The number of benzene rings is 1. The highest BCUT2D eigenvalue weighted by Gasteiger charge is 2.18. The molecule has 19 heavy (non-hydrogen) atoms. The van der Waals surface area contributed by atoms with E-state index in [1.807, 2.05) is 0 Å². The van der Waals surface area contributed by atoms with E-state index in [0.29, 0.717) is 17.0 Å². The average Bonchev–Trinajstić information content (AvgIpc) is 2.74. The predicted molar refractivity (Wildman–Crippen MR) is 71.6 cm³/mol. The van der Waals surface area contributed by atoms with Gasteiger partial charge in [0, 0.05) is 19.2 Å². The van der Waals surface area contributed by atoms with Crippen molar-refractivity contribution in [2.24, 2.45) is 0 Å². The van der Waals surface area contributed by atoms with E-state index in [-0.39, 0.29) is 11.4 Å². The molecule has 1 aromatic heterocycles. The summed E-state index contributed by atoms with van der Waals surface area (Å²) in [5.74, 6) is 0.0982. The molecule has 1 heterocycles. The average molecular weight is 329 g/mol. The minimum atomic E-state index is -0.538. The fourth-order valence-corrected chi connectivity index (χ4v) is 2.05. The van der Waals surface area contributed by atoms with Crippen LogP contribution in [0, 0.1) is 15.9 Å². The molecule has 0 bridgehead atoms. The molecule has 0 atom stereocenters. The number of hydrogen-bond acceptors (Lipinski definition) is 4. The third kappa shape index (κ3) is 3.11. The summed E-state index contributed by atoms with van der Waals surface area (Å²) in [6.45, 7) is 0.301. The third-order valence-corrected chi connectivity index (χ3v) is 2.99. The van der Waals surface area contributed by atoms with Gasteiger partial charge in [-0.25, -0.2) is 4.39 Å². The van der Waals surface area contributed by atoms with Crippen molar-refractivity contribution in [3.05, 3.63) is 56.7 Å². The van der Waals surface area contributed by atoms with Gasteiger partial charge in [0.05, 0.1) is 11.5 Å². The van der Waals surface area contributed by atoms with Crippen LogP contribution in [0.4, 0.5) is 15.8 Å². The Labute approximate surface area is 116 Å². The summed E-state index contributed by atoms with van der Waals surface area (Å²) in [5.41, 5.74) is 0.0621. The molecular formula is C12H10BrFN2O3. The van der Waals surface area contributed by atoms with Crippen LogP contribution in [-0.4, -0.2) is 12.0 Å². The Kier molecular flexibility index (Phi) is 3.84. The lowest BCUT2D eigenvalue weighted by molar-refractivity contribution is -0.384. The number of nitrogens with zero attached hydrogens (tertiary/aromatic N) is 2. The van der Waals surface area contributed by atoms with Crippen LogP contribution in [0.25, 0.3) is 0 Å². The lowest BCUT2D eigenvalue weighted by atomic mass is 10.2. The van der Waals surface area contributed by atoms with Crippen molar-refractivity contribution in [2.75, 3.05) is 11.9 Å². The number of furan rings is 1. The van der Waals surface area contributed by atoms with Crippen LogP contribution in [0.2, 0.25) is 0 Å². The fourth-order valence-electron chi connectivity index (χ4n) is 1.71. The van der Waals surface area contributed by atoms with Crippen molar-refractivity contribution in [1.82, 2.24) is 0 Å². The van der Waals surface area contributed by atoms with Gasteiger partial charge in [0.1, 0.15) is 17.3 Å². The quantitative estimate of drug-likeness (QED) is 0.633. The van der Waals surface area contributed by atoms with Gasteiger partial charge in [0.25, 0.3) is 5.69 Å². The van der Waals surface area contributed by atoms with Crippen molar-refractivity contribution in [3.63, 3.8) is 0 Å². The van der Waals surface area contributed by atoms with Gasteiger partial charge in [-0.3, -0.25) is 10.1 Å². The van der Waals surface area contributed by atoms with E-state index >= 15 is 0 Å². The molecule has 0 saturated heterocycles. The predicted octanol–water partition coefficient (Wildman–Crippen LogP) is 3.73. The first kappa shape index (κ1) is 13.5. The van der Waals surface area contributed by atoms with E-state index in [2.05, 4.69) is 15.9 Å². The second-order valence-corrected chi connectivity index (χ2v) is 4.73. The van der Waals surface area contributed by atoms with Crippen LogP contribution in [0.15, 0.2) is 39.4 Å². The van der Waals surface area contributed by atoms with Crippen LogP contribution >= 0.6 is 15.9 Å². The Bertz CT molecular complexity index is 615. The smallest absolute Gasteiger partial charge is 0.292 e. The molecule has 0 aliphatic rings. The van der Waals surface area contributed by atoms with Gasteiger partial charge in [-0.05, 0) is 34.1 Å². The normalized spacial score (nSPS) is 10.5. The fraction of sp³-hybridized carbons (Fsp3) is 0.167. The molecule has 7 heteroatoms. The van der Waals surface area contributed by atoms with Crippen molar-refractivity contribution >= 4 is 27.3 Å². The van der Waals surface area contributed by atoms with Crippen molar-refractivity contribution in [3.8, 4) is 0 Å². The molecule has 1 aromatic carbocycles. The van der Waals surface area contributed by atoms with Gasteiger partial charge in [-0.1, -0.05) is 0 Å². The molecule has 0 unspecified atom stereocenters. The van der Waals surface area contributed by atoms with E-state index in [0.717, 1.165) is 18.2 Å². The summed E-state index contributed by atoms with van der Waals surface area (Å²) in [4.78, 5) is 11.9. The largest absolute Gasteiger partial charge is 0.452 e. The third-order valence-electron chi connectivity index (χ3n) is 2.57. The number of halogens is 2. The van der Waals surface area contributed by atoms with Gasteiger partial charge >= 0.3 is 0 Å². The number of nitro benzene ring substituents is 1. The molecule has 0 spiro atoms. The molecule has 0 amide bonds. The minimum absolute atomic E-state index is 0.144. The van der Waals surface area contributed by atoms with Crippen LogP contribution in [0.1, 0.15) is 5.76 Å². The summed E-state index contributed by atoms with van der Waals surface area (Å²) >= 11 is 3.17. The second-order valence-electron chi connectivity index (χ2n) is 3.95. The molecule has 100 valence electrons. The zero-order valence-electron chi connectivity index (χ0n) is 9.97. The molecule has 0 aliphatic carbocycles. The number of hydrogen-bond donors (Lipinski definition) is 0. The molecule has 2 rings (SSSR count). The molecular weight excluding hydrogens is 319 g/mol. The highest BCUT2D eigenvalue weighted by atomic mass is 79.9. The minimum Gasteiger partial charge on any atom is -0.452 e. The molecule has 2 aromatic rings. The number of nitro groups is 1. The van der Waals surface area contributed by atoms with Crippen molar-refractivity contribution < 1.29 is 13.7 Å². The first-order valence-corrected chi connectivity index (χ1v) is 6.16. The first-order valence-electron chi connectivity index (χ1n) is 5.36. The molecule has 5 nitrogen and oxygen atoms in total. The Morgan fingerprint density at radius 1 is 1.42 bits per heavy atom. The molecule has 0 N–H and O–H groups in total. The highest BCUT2D eigenvalue weighted by Crippen LogP contribution is 2.29. The van der Waals surface area contributed by atoms with Gasteiger partial charge in [0.15, 0.2) is 4.67 Å². The van der Waals surface area contributed by atoms with E-state index in [9.17, 15) is 14.5 Å². The standard InChI is InChI=1S/C12H10BrFN2O3/c1-15(7-9-3-5-12(13)19-9)11-6-8(14)2-4-10(11)16(17)18/h2-6H,7H2,1H3. The van der Waals surface area contributed by atoms with Crippen LogP contribution < -0.4 is 4.90 Å². The summed E-state index contributed by atoms with van der Waals surface area (Å²) in [7, 11) is 1.64. The van der Waals surface area contributed by atoms with Crippen molar-refractivity contribution in [1.29, 1.82) is 0 Å². The summed E-state index contributed by atoms with van der Waals surface area (Å²) in [5, 5.41) is 10.9. The number of rotatable bonds is 4. The Balaban J connectivity index is 2.29. The Morgan fingerprint density at radius 3 is 2.74 bits per heavy atom. The SMILES string of the molecule is CN(Cc1ccc(Br)o1)c1cc(F)ccc1[N+](=O)[O-]. The van der Waals surface area contributed by atoms with E-state index < -0.39 is 10.7 Å². The second kappa shape index (κ2) is 5.40. The Hall–Kier alpha value is -1.89. The van der Waals surface area contributed by atoms with Crippen molar-refractivity contribution in [2.45, 2.75) is 6.54 Å². The Morgan fingerprint density at radius 2 is 2.16 bits per heavy atom. The zero-order chi connectivity index (χ0) is 14.0. The molecule has 0 saturated carbocycles. The summed E-state index contributed by atoms with van der Waals surface area (Å²) in [6, 6.07) is 6.82. The number of anilines is 1. The monoisotopic (exact) mass is 328 g/mol. The molecule has 0 aliphatic heterocycles. The maximum absolute atomic E-state index is 13.2. The van der Waals surface area contributed by atoms with E-state index in [1.54, 1.807) is 24.1 Å². The zero-order valence-corrected chi connectivity index (χ0v) is 11.6. The van der Waals surface area contributed by atoms with Gasteiger partial charge in [-0.15, -0.1) is 0 Å². The maximum atomic E-state index is 13.2. The highest BCUT2D eigenvalue weighted by molar-refractivity contribution is 9.10. The first-order chi connectivity index (χ1) is 8.97. The van der Waals surface area contributed by atoms with E-state index in [1.165, 1.54) is 0 Å². The van der Waals surface area contributed by atoms with Gasteiger partial charge < -0.3 is 9.32 Å². The van der Waals surface area contributed by atoms with Crippen LogP contribution in [-0.2, 0) is 6.54 Å². The molecule has 0 fully saturated rings. The lowest BCUT2D eigenvalue weighted by Gasteiger charge is -2.17. The lowest BCUT2D eigenvalue weighted by Crippen LogP contribution is -2.17.